The number of carboxylic acids is 1. The number of carbonyl (C=O) groups is 2. The number of aromatic nitrogens is 1. The van der Waals surface area contributed by atoms with Crippen molar-refractivity contribution in [2.24, 2.45) is 0 Å². The number of pyridine rings is 1. The lowest BCUT2D eigenvalue weighted by molar-refractivity contribution is -0.122. The Hall–Kier alpha value is -2.11. The Kier molecular flexibility index (Phi) is 4.47. The Bertz CT molecular complexity index is 463. The van der Waals surface area contributed by atoms with Crippen molar-refractivity contribution in [2.75, 3.05) is 5.32 Å². The summed E-state index contributed by atoms with van der Waals surface area (Å²) in [5.74, 6) is -1.21. The number of rotatable bonds is 4. The summed E-state index contributed by atoms with van der Waals surface area (Å²) < 4.78 is 0. The van der Waals surface area contributed by atoms with Gasteiger partial charge in [-0.05, 0) is 39.8 Å². The molecule has 6 heteroatoms. The SMILES string of the molecule is CC(Nc1ccc(C(=O)O)nc1)C(=O)NC(C)(C)C. The van der Waals surface area contributed by atoms with Crippen LogP contribution >= 0.6 is 0 Å². The molecule has 0 aromatic carbocycles. The molecule has 1 unspecified atom stereocenters. The maximum absolute atomic E-state index is 11.9. The minimum absolute atomic E-state index is 0.0302. The highest BCUT2D eigenvalue weighted by Crippen LogP contribution is 2.09. The van der Waals surface area contributed by atoms with E-state index in [0.717, 1.165) is 0 Å². The predicted molar refractivity (Wildman–Crippen MR) is 72.2 cm³/mol. The summed E-state index contributed by atoms with van der Waals surface area (Å²) in [5.41, 5.74) is 0.275. The number of amides is 1. The number of aromatic carboxylic acids is 1. The lowest BCUT2D eigenvalue weighted by Gasteiger charge is -2.24. The van der Waals surface area contributed by atoms with Crippen LogP contribution in [0.3, 0.4) is 0 Å². The molecular weight excluding hydrogens is 246 g/mol. The second-order valence-corrected chi connectivity index (χ2v) is 5.34. The molecule has 104 valence electrons. The quantitative estimate of drug-likeness (QED) is 0.767. The van der Waals surface area contributed by atoms with Crippen molar-refractivity contribution >= 4 is 17.6 Å². The molecule has 19 heavy (non-hydrogen) atoms. The van der Waals surface area contributed by atoms with Gasteiger partial charge in [0.25, 0.3) is 0 Å². The molecule has 0 aliphatic heterocycles. The van der Waals surface area contributed by atoms with E-state index in [1.165, 1.54) is 12.3 Å². The van der Waals surface area contributed by atoms with Crippen molar-refractivity contribution in [3.63, 3.8) is 0 Å². The summed E-state index contributed by atoms with van der Waals surface area (Å²) in [5, 5.41) is 14.5. The number of hydrogen-bond acceptors (Lipinski definition) is 4. The summed E-state index contributed by atoms with van der Waals surface area (Å²) in [4.78, 5) is 26.3. The molecule has 0 fully saturated rings. The van der Waals surface area contributed by atoms with Crippen LogP contribution in [0.15, 0.2) is 18.3 Å². The van der Waals surface area contributed by atoms with Crippen molar-refractivity contribution in [1.82, 2.24) is 10.3 Å². The van der Waals surface area contributed by atoms with Crippen molar-refractivity contribution < 1.29 is 14.7 Å². The van der Waals surface area contributed by atoms with Gasteiger partial charge in [0.05, 0.1) is 11.9 Å². The smallest absolute Gasteiger partial charge is 0.354 e. The van der Waals surface area contributed by atoms with Crippen LogP contribution in [0.2, 0.25) is 0 Å². The molecular formula is C13H19N3O3. The van der Waals surface area contributed by atoms with Gasteiger partial charge in [0, 0.05) is 5.54 Å². The topological polar surface area (TPSA) is 91.3 Å². The standard InChI is InChI=1S/C13H19N3O3/c1-8(11(17)16-13(2,3)4)15-9-5-6-10(12(18)19)14-7-9/h5-8,15H,1-4H3,(H,16,17)(H,18,19). The molecule has 1 atom stereocenters. The first-order valence-electron chi connectivity index (χ1n) is 5.97. The molecule has 0 spiro atoms. The number of nitrogens with one attached hydrogen (secondary N) is 2. The first-order chi connectivity index (χ1) is 8.69. The first-order valence-corrected chi connectivity index (χ1v) is 5.97. The maximum atomic E-state index is 11.9. The van der Waals surface area contributed by atoms with E-state index in [1.54, 1.807) is 13.0 Å². The van der Waals surface area contributed by atoms with Crippen molar-refractivity contribution in [3.05, 3.63) is 24.0 Å². The third-order valence-corrected chi connectivity index (χ3v) is 2.26. The summed E-state index contributed by atoms with van der Waals surface area (Å²) in [7, 11) is 0. The van der Waals surface area contributed by atoms with Crippen molar-refractivity contribution in [3.8, 4) is 0 Å². The Morgan fingerprint density at radius 3 is 2.37 bits per heavy atom. The molecule has 6 nitrogen and oxygen atoms in total. The highest BCUT2D eigenvalue weighted by molar-refractivity contribution is 5.86. The van der Waals surface area contributed by atoms with Crippen LogP contribution in [0.5, 0.6) is 0 Å². The zero-order chi connectivity index (χ0) is 14.6. The molecule has 0 saturated carbocycles. The zero-order valence-corrected chi connectivity index (χ0v) is 11.5. The average Bonchev–Trinajstić information content (AvgIpc) is 2.27. The number of carbonyl (C=O) groups excluding carboxylic acids is 1. The molecule has 0 bridgehead atoms. The third-order valence-electron chi connectivity index (χ3n) is 2.26. The van der Waals surface area contributed by atoms with E-state index in [0.29, 0.717) is 5.69 Å². The molecule has 0 radical (unpaired) electrons. The van der Waals surface area contributed by atoms with Crippen LogP contribution in [0.1, 0.15) is 38.2 Å². The number of anilines is 1. The van der Waals surface area contributed by atoms with Crippen molar-refractivity contribution in [2.45, 2.75) is 39.3 Å². The Morgan fingerprint density at radius 2 is 1.95 bits per heavy atom. The van der Waals surface area contributed by atoms with Gasteiger partial charge in [-0.2, -0.15) is 0 Å². The summed E-state index contributed by atoms with van der Waals surface area (Å²) in [6.45, 7) is 7.44. The monoisotopic (exact) mass is 265 g/mol. The van der Waals surface area contributed by atoms with Gasteiger partial charge in [-0.25, -0.2) is 9.78 Å². The minimum atomic E-state index is -1.08. The molecule has 1 heterocycles. The Balaban J connectivity index is 2.64. The van der Waals surface area contributed by atoms with Gasteiger partial charge in [-0.1, -0.05) is 0 Å². The van der Waals surface area contributed by atoms with Crippen LogP contribution in [0.4, 0.5) is 5.69 Å². The van der Waals surface area contributed by atoms with E-state index in [-0.39, 0.29) is 17.1 Å². The second-order valence-electron chi connectivity index (χ2n) is 5.34. The largest absolute Gasteiger partial charge is 0.477 e. The fraction of sp³-hybridized carbons (Fsp3) is 0.462. The summed E-state index contributed by atoms with van der Waals surface area (Å²) >= 11 is 0. The lowest BCUT2D eigenvalue weighted by atomic mass is 10.1. The van der Waals surface area contributed by atoms with Gasteiger partial charge in [0.2, 0.25) is 5.91 Å². The summed E-state index contributed by atoms with van der Waals surface area (Å²) in [6.07, 6.45) is 1.39. The molecule has 0 saturated heterocycles. The fourth-order valence-electron chi connectivity index (χ4n) is 1.40. The molecule has 1 aromatic heterocycles. The van der Waals surface area contributed by atoms with Crippen LogP contribution in [-0.4, -0.2) is 33.5 Å². The van der Waals surface area contributed by atoms with E-state index < -0.39 is 12.0 Å². The molecule has 1 rings (SSSR count). The van der Waals surface area contributed by atoms with Crippen molar-refractivity contribution in [1.29, 1.82) is 0 Å². The van der Waals surface area contributed by atoms with Gasteiger partial charge in [0.1, 0.15) is 11.7 Å². The summed E-state index contributed by atoms with van der Waals surface area (Å²) in [6, 6.07) is 2.54. The van der Waals surface area contributed by atoms with E-state index in [2.05, 4.69) is 15.6 Å². The van der Waals surface area contributed by atoms with E-state index in [9.17, 15) is 9.59 Å². The van der Waals surface area contributed by atoms with Gasteiger partial charge >= 0.3 is 5.97 Å². The third kappa shape index (κ3) is 4.95. The van der Waals surface area contributed by atoms with Crippen LogP contribution in [0.25, 0.3) is 0 Å². The fourth-order valence-corrected chi connectivity index (χ4v) is 1.40. The highest BCUT2D eigenvalue weighted by atomic mass is 16.4. The normalized spacial score (nSPS) is 12.6. The zero-order valence-electron chi connectivity index (χ0n) is 11.5. The van der Waals surface area contributed by atoms with Gasteiger partial charge in [-0.3, -0.25) is 4.79 Å². The average molecular weight is 265 g/mol. The van der Waals surface area contributed by atoms with Crippen LogP contribution < -0.4 is 10.6 Å². The van der Waals surface area contributed by atoms with Crippen LogP contribution in [0, 0.1) is 0 Å². The van der Waals surface area contributed by atoms with Gasteiger partial charge in [0.15, 0.2) is 0 Å². The Labute approximate surface area is 112 Å². The predicted octanol–water partition coefficient (Wildman–Crippen LogP) is 1.49. The van der Waals surface area contributed by atoms with E-state index in [1.807, 2.05) is 20.8 Å². The lowest BCUT2D eigenvalue weighted by Crippen LogP contribution is -2.47. The maximum Gasteiger partial charge on any atom is 0.354 e. The number of hydrogen-bond donors (Lipinski definition) is 3. The molecule has 1 amide bonds. The molecule has 3 N–H and O–H groups in total. The van der Waals surface area contributed by atoms with E-state index >= 15 is 0 Å². The molecule has 0 aliphatic rings. The first kappa shape index (κ1) is 14.9. The minimum Gasteiger partial charge on any atom is -0.477 e. The van der Waals surface area contributed by atoms with Gasteiger partial charge < -0.3 is 15.7 Å². The number of nitrogens with zero attached hydrogens (tertiary/aromatic N) is 1. The van der Waals surface area contributed by atoms with Crippen LogP contribution in [-0.2, 0) is 4.79 Å². The Morgan fingerprint density at radius 1 is 1.32 bits per heavy atom. The molecule has 0 aliphatic carbocycles. The molecule has 1 aromatic rings. The van der Waals surface area contributed by atoms with Gasteiger partial charge in [-0.15, -0.1) is 0 Å². The second kappa shape index (κ2) is 5.69. The highest BCUT2D eigenvalue weighted by Gasteiger charge is 2.19. The van der Waals surface area contributed by atoms with E-state index in [4.69, 9.17) is 5.11 Å². The number of carboxylic acid groups (broad SMARTS) is 1.